The van der Waals surface area contributed by atoms with Gasteiger partial charge in [-0.3, -0.25) is 0 Å². The van der Waals surface area contributed by atoms with Crippen molar-refractivity contribution < 1.29 is 9.90 Å². The molecule has 0 fully saturated rings. The normalized spacial score (nSPS) is 18.0. The van der Waals surface area contributed by atoms with Crippen molar-refractivity contribution in [2.24, 2.45) is 0 Å². The van der Waals surface area contributed by atoms with Crippen molar-refractivity contribution in [3.8, 4) is 0 Å². The molecular weight excluding hydrogens is 216 g/mol. The first-order valence-corrected chi connectivity index (χ1v) is 5.60. The van der Waals surface area contributed by atoms with Gasteiger partial charge in [0.1, 0.15) is 5.69 Å². The molecule has 0 radical (unpaired) electrons. The number of carboxylic acids is 1. The van der Waals surface area contributed by atoms with E-state index in [1.54, 1.807) is 10.9 Å². The standard InChI is InChI=1S/C13H12N2O2/c16-13(17)12-7-14-8-15(12)11-6-5-9-3-1-2-4-10(9)11/h1-4,7-8,11H,5-6H2,(H,16,17). The van der Waals surface area contributed by atoms with E-state index in [-0.39, 0.29) is 11.7 Å². The van der Waals surface area contributed by atoms with E-state index in [1.807, 2.05) is 12.1 Å². The van der Waals surface area contributed by atoms with Crippen LogP contribution in [0.2, 0.25) is 0 Å². The topological polar surface area (TPSA) is 55.1 Å². The Balaban J connectivity index is 2.07. The molecular formula is C13H12N2O2. The number of aromatic carboxylic acids is 1. The number of rotatable bonds is 2. The maximum atomic E-state index is 11.1. The number of aryl methyl sites for hydroxylation is 1. The fraction of sp³-hybridized carbons (Fsp3) is 0.231. The Labute approximate surface area is 98.5 Å². The van der Waals surface area contributed by atoms with Gasteiger partial charge in [0, 0.05) is 0 Å². The van der Waals surface area contributed by atoms with Gasteiger partial charge in [-0.1, -0.05) is 24.3 Å². The van der Waals surface area contributed by atoms with Crippen molar-refractivity contribution >= 4 is 5.97 Å². The van der Waals surface area contributed by atoms with E-state index in [0.717, 1.165) is 12.8 Å². The zero-order chi connectivity index (χ0) is 11.8. The first kappa shape index (κ1) is 10.1. The van der Waals surface area contributed by atoms with Gasteiger partial charge in [0.2, 0.25) is 0 Å². The predicted molar refractivity (Wildman–Crippen MR) is 62.1 cm³/mol. The highest BCUT2D eigenvalue weighted by molar-refractivity contribution is 5.85. The van der Waals surface area contributed by atoms with Crippen molar-refractivity contribution in [3.05, 3.63) is 53.6 Å². The second-order valence-electron chi connectivity index (χ2n) is 4.24. The van der Waals surface area contributed by atoms with Crippen LogP contribution < -0.4 is 0 Å². The first-order chi connectivity index (χ1) is 8.27. The average molecular weight is 228 g/mol. The van der Waals surface area contributed by atoms with Crippen LogP contribution in [0.1, 0.15) is 34.1 Å². The van der Waals surface area contributed by atoms with Crippen molar-refractivity contribution in [1.29, 1.82) is 0 Å². The van der Waals surface area contributed by atoms with Crippen LogP contribution in [0.5, 0.6) is 0 Å². The third kappa shape index (κ3) is 1.53. The third-order valence-corrected chi connectivity index (χ3v) is 3.32. The molecule has 0 aliphatic heterocycles. The summed E-state index contributed by atoms with van der Waals surface area (Å²) < 4.78 is 1.76. The van der Waals surface area contributed by atoms with E-state index < -0.39 is 5.97 Å². The lowest BCUT2D eigenvalue weighted by Gasteiger charge is -2.15. The van der Waals surface area contributed by atoms with Crippen LogP contribution in [0.4, 0.5) is 0 Å². The zero-order valence-electron chi connectivity index (χ0n) is 9.21. The fourth-order valence-electron chi connectivity index (χ4n) is 2.54. The van der Waals surface area contributed by atoms with Crippen molar-refractivity contribution in [2.45, 2.75) is 18.9 Å². The van der Waals surface area contributed by atoms with E-state index in [9.17, 15) is 4.79 Å². The Kier molecular flexibility index (Phi) is 2.21. The lowest BCUT2D eigenvalue weighted by molar-refractivity contribution is 0.0683. The number of aromatic nitrogens is 2. The fourth-order valence-corrected chi connectivity index (χ4v) is 2.54. The summed E-state index contributed by atoms with van der Waals surface area (Å²) in [6.07, 6.45) is 4.95. The molecule has 1 atom stereocenters. The van der Waals surface area contributed by atoms with Crippen LogP contribution >= 0.6 is 0 Å². The minimum absolute atomic E-state index is 0.111. The molecule has 1 unspecified atom stereocenters. The molecule has 86 valence electrons. The first-order valence-electron chi connectivity index (χ1n) is 5.60. The molecule has 1 heterocycles. The summed E-state index contributed by atoms with van der Waals surface area (Å²) in [5.74, 6) is -0.924. The van der Waals surface area contributed by atoms with Crippen LogP contribution in [-0.4, -0.2) is 20.6 Å². The van der Waals surface area contributed by atoms with E-state index in [0.29, 0.717) is 0 Å². The highest BCUT2D eigenvalue weighted by atomic mass is 16.4. The number of fused-ring (bicyclic) bond motifs is 1. The predicted octanol–water partition coefficient (Wildman–Crippen LogP) is 2.12. The van der Waals surface area contributed by atoms with Gasteiger partial charge in [-0.15, -0.1) is 0 Å². The zero-order valence-corrected chi connectivity index (χ0v) is 9.21. The molecule has 4 nitrogen and oxygen atoms in total. The maximum absolute atomic E-state index is 11.1. The summed E-state index contributed by atoms with van der Waals surface area (Å²) >= 11 is 0. The number of carboxylic acid groups (broad SMARTS) is 1. The van der Waals surface area contributed by atoms with E-state index in [1.165, 1.54) is 17.3 Å². The lowest BCUT2D eigenvalue weighted by Crippen LogP contribution is -2.13. The largest absolute Gasteiger partial charge is 0.477 e. The Morgan fingerprint density at radius 3 is 3.06 bits per heavy atom. The number of imidazole rings is 1. The number of benzene rings is 1. The highest BCUT2D eigenvalue weighted by Gasteiger charge is 2.26. The monoisotopic (exact) mass is 228 g/mol. The van der Waals surface area contributed by atoms with Gasteiger partial charge in [-0.05, 0) is 24.0 Å². The Morgan fingerprint density at radius 2 is 2.24 bits per heavy atom. The van der Waals surface area contributed by atoms with Gasteiger partial charge >= 0.3 is 5.97 Å². The molecule has 0 amide bonds. The number of carbonyl (C=O) groups is 1. The lowest BCUT2D eigenvalue weighted by atomic mass is 10.1. The van der Waals surface area contributed by atoms with Gasteiger partial charge in [-0.2, -0.15) is 0 Å². The summed E-state index contributed by atoms with van der Waals surface area (Å²) in [6, 6.07) is 8.30. The number of hydrogen-bond donors (Lipinski definition) is 1. The van der Waals surface area contributed by atoms with Gasteiger partial charge < -0.3 is 9.67 Å². The Morgan fingerprint density at radius 1 is 1.41 bits per heavy atom. The van der Waals surface area contributed by atoms with Gasteiger partial charge in [0.05, 0.1) is 18.6 Å². The van der Waals surface area contributed by atoms with E-state index in [4.69, 9.17) is 5.11 Å². The van der Waals surface area contributed by atoms with Crippen molar-refractivity contribution in [2.75, 3.05) is 0 Å². The van der Waals surface area contributed by atoms with Crippen LogP contribution in [0.3, 0.4) is 0 Å². The molecule has 1 aliphatic rings. The summed E-state index contributed by atoms with van der Waals surface area (Å²) in [7, 11) is 0. The molecule has 1 aromatic carbocycles. The minimum atomic E-state index is -0.924. The van der Waals surface area contributed by atoms with Crippen molar-refractivity contribution in [3.63, 3.8) is 0 Å². The summed E-state index contributed by atoms with van der Waals surface area (Å²) in [6.45, 7) is 0. The molecule has 0 bridgehead atoms. The van der Waals surface area contributed by atoms with Crippen molar-refractivity contribution in [1.82, 2.24) is 9.55 Å². The van der Waals surface area contributed by atoms with Gasteiger partial charge in [0.15, 0.2) is 0 Å². The van der Waals surface area contributed by atoms with Crippen LogP contribution in [0.15, 0.2) is 36.8 Å². The van der Waals surface area contributed by atoms with Gasteiger partial charge in [0.25, 0.3) is 0 Å². The molecule has 3 rings (SSSR count). The average Bonchev–Trinajstić information content (AvgIpc) is 2.94. The smallest absolute Gasteiger partial charge is 0.354 e. The molecule has 0 saturated carbocycles. The molecule has 1 aliphatic carbocycles. The summed E-state index contributed by atoms with van der Waals surface area (Å²) in [5.41, 5.74) is 2.78. The Hall–Kier alpha value is -2.10. The van der Waals surface area contributed by atoms with E-state index in [2.05, 4.69) is 17.1 Å². The molecule has 1 N–H and O–H groups in total. The van der Waals surface area contributed by atoms with E-state index >= 15 is 0 Å². The number of nitrogens with zero attached hydrogens (tertiary/aromatic N) is 2. The minimum Gasteiger partial charge on any atom is -0.477 e. The molecule has 0 spiro atoms. The molecule has 17 heavy (non-hydrogen) atoms. The Bertz CT molecular complexity index is 574. The SMILES string of the molecule is O=C(O)c1cncn1C1CCc2ccccc21. The highest BCUT2D eigenvalue weighted by Crippen LogP contribution is 2.34. The maximum Gasteiger partial charge on any atom is 0.354 e. The third-order valence-electron chi connectivity index (χ3n) is 3.32. The molecule has 1 aromatic heterocycles. The second-order valence-corrected chi connectivity index (χ2v) is 4.24. The quantitative estimate of drug-likeness (QED) is 0.856. The number of hydrogen-bond acceptors (Lipinski definition) is 2. The second kappa shape index (κ2) is 3.73. The molecule has 2 aromatic rings. The molecule has 0 saturated heterocycles. The van der Waals surface area contributed by atoms with Gasteiger partial charge in [-0.25, -0.2) is 9.78 Å². The molecule has 4 heteroatoms. The van der Waals surface area contributed by atoms with Crippen LogP contribution in [0, 0.1) is 0 Å². The van der Waals surface area contributed by atoms with Crippen LogP contribution in [0.25, 0.3) is 0 Å². The summed E-state index contributed by atoms with van der Waals surface area (Å²) in [4.78, 5) is 15.0. The van der Waals surface area contributed by atoms with Crippen LogP contribution in [-0.2, 0) is 6.42 Å². The summed E-state index contributed by atoms with van der Waals surface area (Å²) in [5, 5.41) is 9.10.